The van der Waals surface area contributed by atoms with Crippen molar-refractivity contribution in [2.45, 2.75) is 25.2 Å². The van der Waals surface area contributed by atoms with Crippen LogP contribution in [0.15, 0.2) is 18.5 Å². The molecule has 6 heteroatoms. The van der Waals surface area contributed by atoms with Crippen molar-refractivity contribution >= 4 is 5.82 Å². The lowest BCUT2D eigenvalue weighted by molar-refractivity contribution is 0.408. The highest BCUT2D eigenvalue weighted by molar-refractivity contribution is 5.55. The van der Waals surface area contributed by atoms with Crippen LogP contribution in [0, 0.1) is 11.3 Å². The third-order valence-corrected chi connectivity index (χ3v) is 3.29. The molecule has 0 radical (unpaired) electrons. The maximum absolute atomic E-state index is 9.20. The fourth-order valence-electron chi connectivity index (χ4n) is 2.08. The van der Waals surface area contributed by atoms with E-state index in [2.05, 4.69) is 21.1 Å². The van der Waals surface area contributed by atoms with E-state index in [0.717, 1.165) is 18.5 Å². The van der Waals surface area contributed by atoms with Crippen LogP contribution < -0.4 is 5.73 Å². The maximum atomic E-state index is 9.20. The minimum absolute atomic E-state index is 0.325. The van der Waals surface area contributed by atoms with Crippen LogP contribution >= 0.6 is 0 Å². The second-order valence-corrected chi connectivity index (χ2v) is 4.35. The Morgan fingerprint density at radius 3 is 2.61 bits per heavy atom. The summed E-state index contributed by atoms with van der Waals surface area (Å²) in [5, 5.41) is 13.6. The summed E-state index contributed by atoms with van der Waals surface area (Å²) in [6.07, 6.45) is 6.57. The second-order valence-electron chi connectivity index (χ2n) is 4.35. The summed E-state index contributed by atoms with van der Waals surface area (Å²) in [4.78, 5) is 8.20. The summed E-state index contributed by atoms with van der Waals surface area (Å²) in [6.45, 7) is 0. The molecule has 0 atom stereocenters. The SMILES string of the molecule is N#Cc1c(C2CCC2)nn(-c2ncccn2)c1N. The molecule has 1 aliphatic carbocycles. The molecule has 90 valence electrons. The van der Waals surface area contributed by atoms with Gasteiger partial charge in [0.2, 0.25) is 0 Å². The van der Waals surface area contributed by atoms with Crippen LogP contribution in [0.1, 0.15) is 36.4 Å². The molecule has 0 amide bonds. The van der Waals surface area contributed by atoms with E-state index in [1.54, 1.807) is 18.5 Å². The molecule has 2 heterocycles. The van der Waals surface area contributed by atoms with E-state index < -0.39 is 0 Å². The Balaban J connectivity index is 2.11. The fourth-order valence-corrected chi connectivity index (χ4v) is 2.08. The average Bonchev–Trinajstić information content (AvgIpc) is 2.65. The van der Waals surface area contributed by atoms with Crippen LogP contribution in [0.3, 0.4) is 0 Å². The van der Waals surface area contributed by atoms with Crippen molar-refractivity contribution in [1.29, 1.82) is 5.26 Å². The van der Waals surface area contributed by atoms with Gasteiger partial charge in [-0.15, -0.1) is 0 Å². The number of hydrogen-bond donors (Lipinski definition) is 1. The van der Waals surface area contributed by atoms with Gasteiger partial charge in [0, 0.05) is 18.3 Å². The molecule has 1 saturated carbocycles. The van der Waals surface area contributed by atoms with Crippen LogP contribution in [0.4, 0.5) is 5.82 Å². The molecule has 0 aliphatic heterocycles. The molecule has 6 nitrogen and oxygen atoms in total. The molecule has 0 saturated heterocycles. The number of nitrogens with two attached hydrogens (primary N) is 1. The summed E-state index contributed by atoms with van der Waals surface area (Å²) in [7, 11) is 0. The fraction of sp³-hybridized carbons (Fsp3) is 0.333. The van der Waals surface area contributed by atoms with Gasteiger partial charge in [-0.25, -0.2) is 9.97 Å². The molecule has 2 aromatic heterocycles. The standard InChI is InChI=1S/C12H12N6/c13-7-9-10(8-3-1-4-8)17-18(11(9)14)12-15-5-2-6-16-12/h2,5-6,8H,1,3-4,14H2. The highest BCUT2D eigenvalue weighted by atomic mass is 15.4. The summed E-state index contributed by atoms with van der Waals surface area (Å²) in [6, 6.07) is 3.86. The molecular formula is C12H12N6. The minimum atomic E-state index is 0.325. The number of hydrogen-bond acceptors (Lipinski definition) is 5. The molecule has 1 fully saturated rings. The van der Waals surface area contributed by atoms with Crippen molar-refractivity contribution in [3.8, 4) is 12.0 Å². The van der Waals surface area contributed by atoms with Crippen molar-refractivity contribution in [2.24, 2.45) is 0 Å². The molecule has 0 bridgehead atoms. The number of nitriles is 1. The topological polar surface area (TPSA) is 93.4 Å². The van der Waals surface area contributed by atoms with E-state index in [9.17, 15) is 5.26 Å². The monoisotopic (exact) mass is 240 g/mol. The van der Waals surface area contributed by atoms with Crippen molar-refractivity contribution in [3.63, 3.8) is 0 Å². The van der Waals surface area contributed by atoms with E-state index in [1.165, 1.54) is 11.1 Å². The number of aromatic nitrogens is 4. The van der Waals surface area contributed by atoms with Crippen LogP contribution in [-0.2, 0) is 0 Å². The van der Waals surface area contributed by atoms with Gasteiger partial charge in [0.25, 0.3) is 5.95 Å². The third kappa shape index (κ3) is 1.52. The Morgan fingerprint density at radius 2 is 2.06 bits per heavy atom. The maximum Gasteiger partial charge on any atom is 0.252 e. The summed E-state index contributed by atoms with van der Waals surface area (Å²) < 4.78 is 1.45. The van der Waals surface area contributed by atoms with Gasteiger partial charge in [0.1, 0.15) is 17.5 Å². The van der Waals surface area contributed by atoms with Crippen LogP contribution in [0.25, 0.3) is 5.95 Å². The number of rotatable bonds is 2. The van der Waals surface area contributed by atoms with E-state index in [4.69, 9.17) is 5.73 Å². The van der Waals surface area contributed by atoms with Gasteiger partial charge in [-0.2, -0.15) is 15.0 Å². The van der Waals surface area contributed by atoms with E-state index in [-0.39, 0.29) is 0 Å². The zero-order valence-corrected chi connectivity index (χ0v) is 9.74. The molecular weight excluding hydrogens is 228 g/mol. The Labute approximate surface area is 104 Å². The Bertz CT molecular complexity index is 605. The van der Waals surface area contributed by atoms with Crippen molar-refractivity contribution in [3.05, 3.63) is 29.7 Å². The zero-order chi connectivity index (χ0) is 12.5. The number of nitrogens with zero attached hydrogens (tertiary/aromatic N) is 5. The molecule has 1 aliphatic rings. The molecule has 0 aromatic carbocycles. The second kappa shape index (κ2) is 4.11. The smallest absolute Gasteiger partial charge is 0.252 e. The lowest BCUT2D eigenvalue weighted by Gasteiger charge is -2.23. The molecule has 0 unspecified atom stereocenters. The minimum Gasteiger partial charge on any atom is -0.382 e. The molecule has 18 heavy (non-hydrogen) atoms. The number of nitrogen functional groups attached to an aromatic ring is 1. The highest BCUT2D eigenvalue weighted by Gasteiger charge is 2.28. The van der Waals surface area contributed by atoms with Crippen LogP contribution in [-0.4, -0.2) is 19.7 Å². The van der Waals surface area contributed by atoms with Gasteiger partial charge in [-0.3, -0.25) is 0 Å². The van der Waals surface area contributed by atoms with Gasteiger partial charge < -0.3 is 5.73 Å². The highest BCUT2D eigenvalue weighted by Crippen LogP contribution is 2.38. The van der Waals surface area contributed by atoms with Crippen molar-refractivity contribution < 1.29 is 0 Å². The lowest BCUT2D eigenvalue weighted by Crippen LogP contribution is -2.11. The number of anilines is 1. The molecule has 2 aromatic rings. The van der Waals surface area contributed by atoms with Crippen LogP contribution in [0.2, 0.25) is 0 Å². The van der Waals surface area contributed by atoms with E-state index in [1.807, 2.05) is 0 Å². The molecule has 0 spiro atoms. The predicted octanol–water partition coefficient (Wildman–Crippen LogP) is 1.38. The lowest BCUT2D eigenvalue weighted by atomic mass is 9.82. The summed E-state index contributed by atoms with van der Waals surface area (Å²) >= 11 is 0. The largest absolute Gasteiger partial charge is 0.382 e. The first-order chi connectivity index (χ1) is 8.81. The van der Waals surface area contributed by atoms with Gasteiger partial charge in [0.15, 0.2) is 0 Å². The van der Waals surface area contributed by atoms with Crippen LogP contribution in [0.5, 0.6) is 0 Å². The van der Waals surface area contributed by atoms with E-state index in [0.29, 0.717) is 23.2 Å². The summed E-state index contributed by atoms with van der Waals surface area (Å²) in [5.41, 5.74) is 7.21. The summed E-state index contributed by atoms with van der Waals surface area (Å²) in [5.74, 6) is 1.08. The normalized spacial score (nSPS) is 15.1. The van der Waals surface area contributed by atoms with E-state index >= 15 is 0 Å². The first-order valence-corrected chi connectivity index (χ1v) is 5.87. The van der Waals surface area contributed by atoms with Gasteiger partial charge in [-0.05, 0) is 18.9 Å². The Morgan fingerprint density at radius 1 is 1.33 bits per heavy atom. The third-order valence-electron chi connectivity index (χ3n) is 3.29. The average molecular weight is 240 g/mol. The Kier molecular flexibility index (Phi) is 2.45. The van der Waals surface area contributed by atoms with Gasteiger partial charge >= 0.3 is 0 Å². The quantitative estimate of drug-likeness (QED) is 0.855. The predicted molar refractivity (Wildman–Crippen MR) is 64.9 cm³/mol. The first-order valence-electron chi connectivity index (χ1n) is 5.87. The van der Waals surface area contributed by atoms with Crippen molar-refractivity contribution in [1.82, 2.24) is 19.7 Å². The molecule has 3 rings (SSSR count). The first kappa shape index (κ1) is 10.7. The van der Waals surface area contributed by atoms with Crippen molar-refractivity contribution in [2.75, 3.05) is 5.73 Å². The van der Waals surface area contributed by atoms with Gasteiger partial charge in [0.05, 0.1) is 5.69 Å². The molecule has 2 N–H and O–H groups in total. The zero-order valence-electron chi connectivity index (χ0n) is 9.74. The van der Waals surface area contributed by atoms with Gasteiger partial charge in [-0.1, -0.05) is 6.42 Å². The Hall–Kier alpha value is -2.42.